The fraction of sp³-hybridized carbons (Fsp3) is 0.701. The number of hydrogen-bond acceptors (Lipinski definition) is 22. The molecule has 1 fully saturated rings. The van der Waals surface area contributed by atoms with Gasteiger partial charge in [0.2, 0.25) is 118 Å². The van der Waals surface area contributed by atoms with Crippen LogP contribution >= 0.6 is 0 Å². The highest BCUT2D eigenvalue weighted by atomic mass is 16.3. The van der Waals surface area contributed by atoms with Crippen LogP contribution in [0.1, 0.15) is 249 Å². The Kier molecular flexibility index (Phi) is 43.5. The van der Waals surface area contributed by atoms with Crippen LogP contribution in [0.2, 0.25) is 0 Å². The van der Waals surface area contributed by atoms with Crippen molar-refractivity contribution >= 4 is 118 Å². The van der Waals surface area contributed by atoms with Gasteiger partial charge in [0.25, 0.3) is 0 Å². The second-order valence-electron chi connectivity index (χ2n) is 37.4. The van der Waals surface area contributed by atoms with Crippen LogP contribution < -0.4 is 102 Å². The number of likely N-dealkylation sites (tertiary alicyclic amines) is 1. The summed E-state index contributed by atoms with van der Waals surface area (Å²) in [6.07, 6.45) is -0.669. The average molecular weight is 1820 g/mol. The number of rotatable bonds is 53. The number of nitrogens with two attached hydrogens (primary N) is 2. The summed E-state index contributed by atoms with van der Waals surface area (Å²) >= 11 is 0. The molecule has 20 amide bonds. The molecular formula is C87H146N20O22. The van der Waals surface area contributed by atoms with Crippen LogP contribution in [0.15, 0.2) is 30.3 Å². The molecule has 1 aliphatic rings. The normalized spacial score (nSPS) is 16.5. The zero-order chi connectivity index (χ0) is 99.2. The standard InChI is InChI=1S/C87H146N20O22/c1-25-49(9)63(98-77(127)85(22,26-2)104-67(117)55(37-39-61(89)112)96-76(126)86(23,27-3)106-78(128)87(24,28-4)103-64(114)50(10)91-66(116)58(46-109)97-73(123)81(14,15)99-51(11)110)71(121)102-80(12,13)72(122)90-44-62(113)93-56(41-47(5)6)68(118)101-84(20,21)79(129)107-40-32-35-59(107)70(120)94-57(42-48(7)8)69(119)100-83(18,19)75(125)105-82(16,17)74(124)95-54(36-38-60(88)111)65(115)92-53(45-108)43-52-33-30-29-31-34-52/h29-31,33-34,47-50,53-59,63,108-109H,25-28,32,35-46H2,1-24H3,(H2,88,111)(H2,89,112)(H,90,122)(H,91,116)(H,92,115)(H,93,113)(H,94,120)(H,95,124)(H,96,126)(H,97,123)(H,98,127)(H,99,110)(H,100,119)(H,101,118)(H,102,121)(H,103,114)(H,104,117)(H,105,125)(H,106,128)/t49-,50+,53+,54+,55+,56+,57+,58+,59+,63+,85-,86-,87-/m1/s1. The Labute approximate surface area is 756 Å². The molecule has 2 rings (SSSR count). The number of benzene rings is 1. The van der Waals surface area contributed by atoms with Gasteiger partial charge in [-0.25, -0.2) is 0 Å². The van der Waals surface area contributed by atoms with Gasteiger partial charge in [-0.2, -0.15) is 0 Å². The quantitative estimate of drug-likeness (QED) is 0.0314. The highest BCUT2D eigenvalue weighted by Crippen LogP contribution is 2.26. The summed E-state index contributed by atoms with van der Waals surface area (Å²) in [5, 5.41) is 63.9. The van der Waals surface area contributed by atoms with E-state index in [0.29, 0.717) is 6.42 Å². The lowest BCUT2D eigenvalue weighted by Crippen LogP contribution is -2.68. The molecule has 726 valence electrons. The van der Waals surface area contributed by atoms with Crippen molar-refractivity contribution in [2.75, 3.05) is 26.3 Å². The van der Waals surface area contributed by atoms with Gasteiger partial charge in [0.15, 0.2) is 0 Å². The van der Waals surface area contributed by atoms with Crippen molar-refractivity contribution < 1.29 is 106 Å². The molecule has 129 heavy (non-hydrogen) atoms. The molecule has 0 spiro atoms. The summed E-state index contributed by atoms with van der Waals surface area (Å²) < 4.78 is 0. The molecule has 0 aliphatic carbocycles. The van der Waals surface area contributed by atoms with E-state index in [2.05, 4.69) is 90.4 Å². The number of nitrogens with zero attached hydrogens (tertiary/aromatic N) is 1. The van der Waals surface area contributed by atoms with Gasteiger partial charge in [0, 0.05) is 26.3 Å². The van der Waals surface area contributed by atoms with Crippen LogP contribution in [0.25, 0.3) is 0 Å². The second kappa shape index (κ2) is 49.4. The van der Waals surface area contributed by atoms with E-state index in [1.54, 1.807) is 78.8 Å². The highest BCUT2D eigenvalue weighted by molar-refractivity contribution is 6.04. The van der Waals surface area contributed by atoms with Crippen LogP contribution in [0.5, 0.6) is 0 Å². The molecular weight excluding hydrogens is 1680 g/mol. The first-order chi connectivity index (χ1) is 59.4. The number of carbonyl (C=O) groups is 20. The smallest absolute Gasteiger partial charge is 0.248 e. The number of hydrogen-bond donors (Lipinski definition) is 21. The molecule has 1 aromatic rings. The third-order valence-corrected chi connectivity index (χ3v) is 22.6. The predicted molar refractivity (Wildman–Crippen MR) is 476 cm³/mol. The summed E-state index contributed by atoms with van der Waals surface area (Å²) in [4.78, 5) is 276. The molecule has 1 aliphatic heterocycles. The number of amides is 20. The van der Waals surface area contributed by atoms with E-state index in [1.165, 1.54) is 123 Å². The van der Waals surface area contributed by atoms with Crippen molar-refractivity contribution in [3.05, 3.63) is 35.9 Å². The molecule has 0 saturated carbocycles. The monoisotopic (exact) mass is 1820 g/mol. The summed E-state index contributed by atoms with van der Waals surface area (Å²) in [6, 6.07) is -2.78. The number of carbonyl (C=O) groups excluding carboxylic acids is 20. The van der Waals surface area contributed by atoms with E-state index in [4.69, 9.17) is 11.5 Å². The Bertz CT molecular complexity index is 4190. The molecule has 1 saturated heterocycles. The molecule has 0 unspecified atom stereocenters. The van der Waals surface area contributed by atoms with Crippen molar-refractivity contribution in [3.8, 4) is 0 Å². The fourth-order valence-corrected chi connectivity index (χ4v) is 13.4. The van der Waals surface area contributed by atoms with Crippen molar-refractivity contribution in [2.24, 2.45) is 29.2 Å². The zero-order valence-electron chi connectivity index (χ0n) is 79.5. The lowest BCUT2D eigenvalue weighted by atomic mass is 9.91. The second-order valence-corrected chi connectivity index (χ2v) is 37.4. The maximum atomic E-state index is 14.6. The number of aliphatic hydroxyl groups excluding tert-OH is 2. The number of aliphatic hydroxyl groups is 2. The van der Waals surface area contributed by atoms with E-state index in [1.807, 2.05) is 0 Å². The topological polar surface area (TPSA) is 642 Å². The number of nitrogens with one attached hydrogen (secondary N) is 17. The Hall–Kier alpha value is -11.5. The van der Waals surface area contributed by atoms with Crippen molar-refractivity contribution in [1.82, 2.24) is 95.3 Å². The maximum absolute atomic E-state index is 14.6. The first kappa shape index (κ1) is 114. The van der Waals surface area contributed by atoms with Crippen LogP contribution in [0, 0.1) is 17.8 Å². The van der Waals surface area contributed by atoms with Crippen LogP contribution in [-0.4, -0.2) is 258 Å². The lowest BCUT2D eigenvalue weighted by Gasteiger charge is -2.37. The van der Waals surface area contributed by atoms with Gasteiger partial charge in [-0.3, -0.25) is 95.9 Å². The van der Waals surface area contributed by atoms with E-state index in [0.717, 1.165) is 5.56 Å². The van der Waals surface area contributed by atoms with Gasteiger partial charge >= 0.3 is 0 Å². The first-order valence-corrected chi connectivity index (χ1v) is 43.8. The van der Waals surface area contributed by atoms with E-state index in [9.17, 15) is 106 Å². The molecule has 1 aromatic carbocycles. The van der Waals surface area contributed by atoms with Gasteiger partial charge in [0.05, 0.1) is 25.8 Å². The molecule has 1 heterocycles. The Morgan fingerprint density at radius 2 is 0.853 bits per heavy atom. The Balaban J connectivity index is 2.25. The third-order valence-electron chi connectivity index (χ3n) is 22.6. The van der Waals surface area contributed by atoms with Crippen molar-refractivity contribution in [2.45, 2.75) is 348 Å². The first-order valence-electron chi connectivity index (χ1n) is 43.8. The fourth-order valence-electron chi connectivity index (χ4n) is 13.4. The molecule has 23 N–H and O–H groups in total. The molecule has 0 bridgehead atoms. The highest BCUT2D eigenvalue weighted by Gasteiger charge is 2.48. The summed E-state index contributed by atoms with van der Waals surface area (Å²) in [5.74, 6) is -17.8. The SMILES string of the molecule is CC[C@@H](C)[C@H](NC(=O)[C@@](C)(CC)NC(=O)[C@H](CCC(N)=O)NC(=O)[C@@](C)(CC)NC(=O)[C@@](C)(CC)NC(=O)[C@H](C)NC(=O)[C@H](CO)NC(=O)C(C)(C)NC(C)=O)C(=O)NC(C)(C)C(=O)NCC(=O)N[C@@H](CC(C)C)C(=O)NC(C)(C)C(=O)N1CCC[C@H]1C(=O)N[C@@H](CC(C)C)C(=O)NC(C)(C)C(=O)NC(C)(C)C(=O)N[C@@H](CCC(N)=O)C(=O)N[C@H](CO)Cc1ccccc1. The van der Waals surface area contributed by atoms with Crippen LogP contribution in [0.4, 0.5) is 0 Å². The average Bonchev–Trinajstić information content (AvgIpc) is 1.44. The van der Waals surface area contributed by atoms with Crippen LogP contribution in [-0.2, 0) is 102 Å². The summed E-state index contributed by atoms with van der Waals surface area (Å²) in [6.45, 7) is 33.1. The van der Waals surface area contributed by atoms with Gasteiger partial charge in [-0.05, 0) is 184 Å². The van der Waals surface area contributed by atoms with Gasteiger partial charge in [0.1, 0.15) is 92.6 Å². The van der Waals surface area contributed by atoms with Gasteiger partial charge in [-0.15, -0.1) is 0 Å². The summed E-state index contributed by atoms with van der Waals surface area (Å²) in [7, 11) is 0. The predicted octanol–water partition coefficient (Wildman–Crippen LogP) is -2.76. The summed E-state index contributed by atoms with van der Waals surface area (Å²) in [5.41, 5.74) is -2.36. The lowest BCUT2D eigenvalue weighted by molar-refractivity contribution is -0.145. The molecule has 13 atom stereocenters. The maximum Gasteiger partial charge on any atom is 0.248 e. The Morgan fingerprint density at radius 1 is 0.426 bits per heavy atom. The Morgan fingerprint density at radius 3 is 1.34 bits per heavy atom. The molecule has 42 heteroatoms. The minimum absolute atomic E-state index is 0.0275. The number of primary amides is 2. The van der Waals surface area contributed by atoms with E-state index < -0.39 is 255 Å². The van der Waals surface area contributed by atoms with Crippen LogP contribution in [0.3, 0.4) is 0 Å². The molecule has 0 aromatic heterocycles. The minimum atomic E-state index is -1.87. The molecule has 42 nitrogen and oxygen atoms in total. The van der Waals surface area contributed by atoms with Gasteiger partial charge < -0.3 is 117 Å². The molecule has 0 radical (unpaired) electrons. The van der Waals surface area contributed by atoms with Gasteiger partial charge in [-0.1, -0.05) is 99.1 Å². The minimum Gasteiger partial charge on any atom is -0.394 e. The third kappa shape index (κ3) is 35.2. The zero-order valence-corrected chi connectivity index (χ0v) is 79.5. The van der Waals surface area contributed by atoms with Crippen molar-refractivity contribution in [3.63, 3.8) is 0 Å². The van der Waals surface area contributed by atoms with E-state index >= 15 is 0 Å². The largest absolute Gasteiger partial charge is 0.394 e. The van der Waals surface area contributed by atoms with E-state index in [-0.39, 0.29) is 82.6 Å². The van der Waals surface area contributed by atoms with Crippen molar-refractivity contribution in [1.29, 1.82) is 0 Å².